The lowest BCUT2D eigenvalue weighted by atomic mass is 10.1. The Kier molecular flexibility index (Phi) is 4.35. The lowest BCUT2D eigenvalue weighted by Crippen LogP contribution is -2.48. The fourth-order valence-corrected chi connectivity index (χ4v) is 2.69. The molecule has 0 saturated heterocycles. The Bertz CT molecular complexity index is 241. The van der Waals surface area contributed by atoms with E-state index in [1.165, 1.54) is 4.31 Å². The minimum absolute atomic E-state index is 0.129. The average Bonchev–Trinajstić information content (AvgIpc) is 1.98. The summed E-state index contributed by atoms with van der Waals surface area (Å²) in [6, 6.07) is 0. The Balaban J connectivity index is 4.83. The second-order valence-electron chi connectivity index (χ2n) is 3.93. The molecule has 4 nitrogen and oxygen atoms in total. The maximum absolute atomic E-state index is 11.6. The second-order valence-corrected chi connectivity index (χ2v) is 6.11. The summed E-state index contributed by atoms with van der Waals surface area (Å²) in [4.78, 5) is 0. The Morgan fingerprint density at radius 1 is 1.31 bits per heavy atom. The molecule has 0 spiro atoms. The van der Waals surface area contributed by atoms with Crippen molar-refractivity contribution in [2.75, 3.05) is 18.8 Å². The van der Waals surface area contributed by atoms with E-state index in [1.54, 1.807) is 6.92 Å². The van der Waals surface area contributed by atoms with E-state index in [0.29, 0.717) is 13.1 Å². The van der Waals surface area contributed by atoms with Gasteiger partial charge in [0.15, 0.2) is 0 Å². The van der Waals surface area contributed by atoms with Crippen LogP contribution in [0.2, 0.25) is 0 Å². The van der Waals surface area contributed by atoms with Crippen molar-refractivity contribution in [1.82, 2.24) is 4.31 Å². The van der Waals surface area contributed by atoms with Gasteiger partial charge in [0.1, 0.15) is 0 Å². The van der Waals surface area contributed by atoms with Gasteiger partial charge in [-0.05, 0) is 27.7 Å². The van der Waals surface area contributed by atoms with E-state index in [-0.39, 0.29) is 11.3 Å². The summed E-state index contributed by atoms with van der Waals surface area (Å²) in [7, 11) is -3.13. The SMILES string of the molecule is CCS(=O)(=O)N(CCN)C(C)(C)C. The van der Waals surface area contributed by atoms with Gasteiger partial charge in [-0.2, -0.15) is 4.31 Å². The van der Waals surface area contributed by atoms with Gasteiger partial charge >= 0.3 is 0 Å². The lowest BCUT2D eigenvalue weighted by molar-refractivity contribution is 0.255. The van der Waals surface area contributed by atoms with Crippen LogP contribution in [0.3, 0.4) is 0 Å². The molecule has 0 aliphatic heterocycles. The molecule has 0 atom stereocenters. The number of sulfonamides is 1. The highest BCUT2D eigenvalue weighted by molar-refractivity contribution is 7.89. The van der Waals surface area contributed by atoms with Gasteiger partial charge in [-0.15, -0.1) is 0 Å². The Morgan fingerprint density at radius 3 is 2.00 bits per heavy atom. The average molecular weight is 208 g/mol. The number of nitrogens with zero attached hydrogens (tertiary/aromatic N) is 1. The molecule has 0 amide bonds. The van der Waals surface area contributed by atoms with E-state index in [2.05, 4.69) is 0 Å². The maximum Gasteiger partial charge on any atom is 0.214 e. The van der Waals surface area contributed by atoms with Crippen LogP contribution in [-0.2, 0) is 10.0 Å². The standard InChI is InChI=1S/C8H20N2O2S/c1-5-13(11,12)10(7-6-9)8(2,3)4/h5-7,9H2,1-4H3. The minimum Gasteiger partial charge on any atom is -0.329 e. The zero-order chi connectivity index (χ0) is 10.7. The third-order valence-corrected chi connectivity index (χ3v) is 3.91. The van der Waals surface area contributed by atoms with E-state index >= 15 is 0 Å². The fraction of sp³-hybridized carbons (Fsp3) is 1.00. The van der Waals surface area contributed by atoms with Crippen LogP contribution in [0.1, 0.15) is 27.7 Å². The number of hydrogen-bond acceptors (Lipinski definition) is 3. The highest BCUT2D eigenvalue weighted by atomic mass is 32.2. The normalized spacial score (nSPS) is 13.7. The summed E-state index contributed by atoms with van der Waals surface area (Å²) < 4.78 is 24.7. The molecule has 0 aromatic carbocycles. The molecule has 0 fully saturated rings. The van der Waals surface area contributed by atoms with Crippen LogP contribution in [0.5, 0.6) is 0 Å². The molecule has 5 heteroatoms. The van der Waals surface area contributed by atoms with Crippen LogP contribution in [0.4, 0.5) is 0 Å². The van der Waals surface area contributed by atoms with Crippen molar-refractivity contribution in [3.05, 3.63) is 0 Å². The number of nitrogens with two attached hydrogens (primary N) is 1. The molecule has 0 aliphatic carbocycles. The van der Waals surface area contributed by atoms with Crippen molar-refractivity contribution in [2.24, 2.45) is 5.73 Å². The molecule has 2 N–H and O–H groups in total. The maximum atomic E-state index is 11.6. The van der Waals surface area contributed by atoms with Gasteiger partial charge in [-0.25, -0.2) is 8.42 Å². The summed E-state index contributed by atoms with van der Waals surface area (Å²) in [6.45, 7) is 8.00. The van der Waals surface area contributed by atoms with E-state index in [9.17, 15) is 8.42 Å². The molecule has 0 aromatic rings. The van der Waals surface area contributed by atoms with Crippen LogP contribution in [0.15, 0.2) is 0 Å². The van der Waals surface area contributed by atoms with Gasteiger partial charge in [0.25, 0.3) is 0 Å². The van der Waals surface area contributed by atoms with Crippen molar-refractivity contribution >= 4 is 10.0 Å². The molecule has 80 valence electrons. The molecule has 0 aromatic heterocycles. The van der Waals surface area contributed by atoms with Crippen LogP contribution in [-0.4, -0.2) is 37.1 Å². The fourth-order valence-electron chi connectivity index (χ4n) is 1.16. The Morgan fingerprint density at radius 2 is 1.77 bits per heavy atom. The lowest BCUT2D eigenvalue weighted by Gasteiger charge is -2.33. The Labute approximate surface area is 81.2 Å². The smallest absolute Gasteiger partial charge is 0.214 e. The molecule has 0 rings (SSSR count). The highest BCUT2D eigenvalue weighted by Gasteiger charge is 2.30. The topological polar surface area (TPSA) is 63.4 Å². The predicted octanol–water partition coefficient (Wildman–Crippen LogP) is 0.395. The van der Waals surface area contributed by atoms with Gasteiger partial charge in [-0.3, -0.25) is 0 Å². The summed E-state index contributed by atoms with van der Waals surface area (Å²) in [5.74, 6) is 0.129. The van der Waals surface area contributed by atoms with E-state index in [4.69, 9.17) is 5.73 Å². The summed E-state index contributed by atoms with van der Waals surface area (Å²) in [5, 5.41) is 0. The molecule has 0 saturated carbocycles. The van der Waals surface area contributed by atoms with Crippen LogP contribution < -0.4 is 5.73 Å². The zero-order valence-electron chi connectivity index (χ0n) is 8.87. The van der Waals surface area contributed by atoms with Crippen molar-refractivity contribution in [2.45, 2.75) is 33.2 Å². The van der Waals surface area contributed by atoms with Gasteiger partial charge < -0.3 is 5.73 Å². The van der Waals surface area contributed by atoms with Crippen LogP contribution in [0, 0.1) is 0 Å². The van der Waals surface area contributed by atoms with Gasteiger partial charge in [0.2, 0.25) is 10.0 Å². The first-order chi connectivity index (χ1) is 5.75. The molecular formula is C8H20N2O2S. The Hall–Kier alpha value is -0.130. The minimum atomic E-state index is -3.13. The summed E-state index contributed by atoms with van der Waals surface area (Å²) >= 11 is 0. The van der Waals surface area contributed by atoms with Crippen LogP contribution in [0.25, 0.3) is 0 Å². The molecule has 0 heterocycles. The van der Waals surface area contributed by atoms with E-state index < -0.39 is 10.0 Å². The first kappa shape index (κ1) is 12.9. The van der Waals surface area contributed by atoms with Crippen molar-refractivity contribution in [3.63, 3.8) is 0 Å². The van der Waals surface area contributed by atoms with Crippen molar-refractivity contribution < 1.29 is 8.42 Å². The predicted molar refractivity (Wildman–Crippen MR) is 55.0 cm³/mol. The van der Waals surface area contributed by atoms with Gasteiger partial charge in [0, 0.05) is 18.6 Å². The molecule has 13 heavy (non-hydrogen) atoms. The first-order valence-electron chi connectivity index (χ1n) is 4.46. The number of hydrogen-bond donors (Lipinski definition) is 1. The monoisotopic (exact) mass is 208 g/mol. The third-order valence-electron chi connectivity index (χ3n) is 1.78. The van der Waals surface area contributed by atoms with Gasteiger partial charge in [-0.1, -0.05) is 0 Å². The third kappa shape index (κ3) is 3.62. The molecule has 0 unspecified atom stereocenters. The quantitative estimate of drug-likeness (QED) is 0.727. The first-order valence-corrected chi connectivity index (χ1v) is 6.07. The summed E-state index contributed by atoms with van der Waals surface area (Å²) in [6.07, 6.45) is 0. The number of rotatable bonds is 4. The molecule has 0 bridgehead atoms. The zero-order valence-corrected chi connectivity index (χ0v) is 9.69. The largest absolute Gasteiger partial charge is 0.329 e. The molecule has 0 radical (unpaired) electrons. The second kappa shape index (κ2) is 4.39. The summed E-state index contributed by atoms with van der Waals surface area (Å²) in [5.41, 5.74) is 4.99. The van der Waals surface area contributed by atoms with Crippen molar-refractivity contribution in [3.8, 4) is 0 Å². The van der Waals surface area contributed by atoms with Gasteiger partial charge in [0.05, 0.1) is 5.75 Å². The van der Waals surface area contributed by atoms with Crippen molar-refractivity contribution in [1.29, 1.82) is 0 Å². The molecular weight excluding hydrogens is 188 g/mol. The highest BCUT2D eigenvalue weighted by Crippen LogP contribution is 2.17. The molecule has 0 aliphatic rings. The van der Waals surface area contributed by atoms with E-state index in [0.717, 1.165) is 0 Å². The van der Waals surface area contributed by atoms with Crippen LogP contribution >= 0.6 is 0 Å². The van der Waals surface area contributed by atoms with E-state index in [1.807, 2.05) is 20.8 Å².